The van der Waals surface area contributed by atoms with Crippen molar-refractivity contribution < 1.29 is 9.53 Å². The Kier molecular flexibility index (Phi) is 7.59. The van der Waals surface area contributed by atoms with E-state index in [-0.39, 0.29) is 5.91 Å². The van der Waals surface area contributed by atoms with E-state index >= 15 is 0 Å². The fourth-order valence-electron chi connectivity index (χ4n) is 1.77. The smallest absolute Gasteiger partial charge is 0.220 e. The summed E-state index contributed by atoms with van der Waals surface area (Å²) in [5.41, 5.74) is 0. The summed E-state index contributed by atoms with van der Waals surface area (Å²) in [5.74, 6) is 1.49. The first-order valence-electron chi connectivity index (χ1n) is 7.17. The van der Waals surface area contributed by atoms with Crippen molar-refractivity contribution in [2.75, 3.05) is 18.9 Å². The van der Waals surface area contributed by atoms with Crippen molar-refractivity contribution in [1.82, 2.24) is 5.32 Å². The summed E-state index contributed by atoms with van der Waals surface area (Å²) >= 11 is 13.3. The number of hydrogen-bond donors (Lipinski definition) is 1. The number of benzene rings is 2. The van der Waals surface area contributed by atoms with Crippen molar-refractivity contribution in [3.8, 4) is 5.75 Å². The van der Waals surface area contributed by atoms with Crippen molar-refractivity contribution in [3.63, 3.8) is 0 Å². The molecule has 0 spiro atoms. The Morgan fingerprint density at radius 3 is 2.26 bits per heavy atom. The monoisotopic (exact) mass is 369 g/mol. The fourth-order valence-corrected chi connectivity index (χ4v) is 2.87. The van der Waals surface area contributed by atoms with Gasteiger partial charge in [0.05, 0.1) is 6.54 Å². The van der Waals surface area contributed by atoms with E-state index in [1.165, 1.54) is 0 Å². The summed E-state index contributed by atoms with van der Waals surface area (Å²) in [6.07, 6.45) is 0.467. The molecule has 0 aliphatic carbocycles. The van der Waals surface area contributed by atoms with Crippen LogP contribution in [0.25, 0.3) is 0 Å². The zero-order valence-electron chi connectivity index (χ0n) is 12.4. The van der Waals surface area contributed by atoms with Gasteiger partial charge in [0.2, 0.25) is 5.91 Å². The molecule has 0 aliphatic heterocycles. The number of thioether (sulfide) groups is 1. The summed E-state index contributed by atoms with van der Waals surface area (Å²) < 4.78 is 5.51. The predicted molar refractivity (Wildman–Crippen MR) is 96.7 cm³/mol. The highest BCUT2D eigenvalue weighted by Gasteiger charge is 2.02. The molecule has 0 saturated carbocycles. The molecule has 0 fully saturated rings. The van der Waals surface area contributed by atoms with Crippen molar-refractivity contribution in [2.45, 2.75) is 11.3 Å². The summed E-state index contributed by atoms with van der Waals surface area (Å²) in [4.78, 5) is 12.8. The zero-order chi connectivity index (χ0) is 16.5. The third-order valence-electron chi connectivity index (χ3n) is 2.92. The van der Waals surface area contributed by atoms with Gasteiger partial charge in [-0.15, -0.1) is 11.8 Å². The molecule has 0 bridgehead atoms. The van der Waals surface area contributed by atoms with Gasteiger partial charge in [-0.1, -0.05) is 23.2 Å². The highest BCUT2D eigenvalue weighted by atomic mass is 35.5. The van der Waals surface area contributed by atoms with Gasteiger partial charge in [0.15, 0.2) is 0 Å². The Labute approximate surface area is 150 Å². The SMILES string of the molecule is O=C(CCSc1ccc(Cl)cc1)NCCOc1ccc(Cl)cc1. The quantitative estimate of drug-likeness (QED) is 0.542. The van der Waals surface area contributed by atoms with Gasteiger partial charge in [-0.3, -0.25) is 4.79 Å². The Bertz CT molecular complexity index is 617. The Hall–Kier alpha value is -1.36. The van der Waals surface area contributed by atoms with Gasteiger partial charge < -0.3 is 10.1 Å². The van der Waals surface area contributed by atoms with Gasteiger partial charge in [-0.05, 0) is 48.5 Å². The summed E-state index contributed by atoms with van der Waals surface area (Å²) in [5, 5.41) is 4.22. The molecule has 3 nitrogen and oxygen atoms in total. The number of carbonyl (C=O) groups excluding carboxylic acids is 1. The molecule has 122 valence electrons. The lowest BCUT2D eigenvalue weighted by molar-refractivity contribution is -0.120. The lowest BCUT2D eigenvalue weighted by Gasteiger charge is -2.08. The van der Waals surface area contributed by atoms with Crippen LogP contribution in [0.1, 0.15) is 6.42 Å². The average molecular weight is 370 g/mol. The third kappa shape index (κ3) is 7.16. The maximum atomic E-state index is 11.7. The molecule has 0 unspecified atom stereocenters. The Morgan fingerprint density at radius 2 is 1.61 bits per heavy atom. The molecule has 1 N–H and O–H groups in total. The molecule has 6 heteroatoms. The minimum absolute atomic E-state index is 0.0196. The lowest BCUT2D eigenvalue weighted by Crippen LogP contribution is -2.28. The van der Waals surface area contributed by atoms with Gasteiger partial charge in [0.1, 0.15) is 12.4 Å². The van der Waals surface area contributed by atoms with E-state index in [0.29, 0.717) is 29.6 Å². The van der Waals surface area contributed by atoms with Gasteiger partial charge in [-0.25, -0.2) is 0 Å². The maximum Gasteiger partial charge on any atom is 0.220 e. The van der Waals surface area contributed by atoms with Crippen LogP contribution in [0, 0.1) is 0 Å². The van der Waals surface area contributed by atoms with Gasteiger partial charge >= 0.3 is 0 Å². The second-order valence-corrected chi connectivity index (χ2v) is 6.75. The molecule has 0 heterocycles. The van der Waals surface area contributed by atoms with E-state index in [2.05, 4.69) is 5.32 Å². The van der Waals surface area contributed by atoms with Crippen LogP contribution < -0.4 is 10.1 Å². The first-order chi connectivity index (χ1) is 11.1. The van der Waals surface area contributed by atoms with Crippen LogP contribution >= 0.6 is 35.0 Å². The van der Waals surface area contributed by atoms with Gasteiger partial charge in [-0.2, -0.15) is 0 Å². The first-order valence-corrected chi connectivity index (χ1v) is 8.91. The molecule has 0 aromatic heterocycles. The standard InChI is InChI=1S/C17H17Cl2NO2S/c18-13-1-5-15(6-2-13)22-11-10-20-17(21)9-12-23-16-7-3-14(19)4-8-16/h1-8H,9-12H2,(H,20,21). The van der Waals surface area contributed by atoms with Crippen LogP contribution in [0.4, 0.5) is 0 Å². The number of carbonyl (C=O) groups is 1. The second-order valence-electron chi connectivity index (χ2n) is 4.70. The normalized spacial score (nSPS) is 10.3. The number of ether oxygens (including phenoxy) is 1. The molecular formula is C17H17Cl2NO2S. The van der Waals surface area contributed by atoms with Crippen LogP contribution in [0.2, 0.25) is 10.0 Å². The van der Waals surface area contributed by atoms with Crippen LogP contribution in [0.5, 0.6) is 5.75 Å². The molecule has 2 rings (SSSR count). The van der Waals surface area contributed by atoms with E-state index in [9.17, 15) is 4.79 Å². The van der Waals surface area contributed by atoms with Crippen LogP contribution in [0.3, 0.4) is 0 Å². The van der Waals surface area contributed by atoms with Crippen molar-refractivity contribution >= 4 is 40.9 Å². The van der Waals surface area contributed by atoms with Crippen LogP contribution in [-0.2, 0) is 4.79 Å². The van der Waals surface area contributed by atoms with Gasteiger partial charge in [0.25, 0.3) is 0 Å². The van der Waals surface area contributed by atoms with Crippen LogP contribution in [0.15, 0.2) is 53.4 Å². The Morgan fingerprint density at radius 1 is 1.00 bits per heavy atom. The average Bonchev–Trinajstić information content (AvgIpc) is 2.55. The van der Waals surface area contributed by atoms with Crippen molar-refractivity contribution in [3.05, 3.63) is 58.6 Å². The molecule has 23 heavy (non-hydrogen) atoms. The first kappa shape index (κ1) is 18.0. The molecular weight excluding hydrogens is 353 g/mol. The number of nitrogens with one attached hydrogen (secondary N) is 1. The molecule has 1 amide bonds. The lowest BCUT2D eigenvalue weighted by atomic mass is 10.3. The maximum absolute atomic E-state index is 11.7. The topological polar surface area (TPSA) is 38.3 Å². The number of halogens is 2. The summed E-state index contributed by atoms with van der Waals surface area (Å²) in [6.45, 7) is 0.908. The van der Waals surface area contributed by atoms with E-state index in [1.54, 1.807) is 36.0 Å². The largest absolute Gasteiger partial charge is 0.492 e. The highest BCUT2D eigenvalue weighted by molar-refractivity contribution is 7.99. The second kappa shape index (κ2) is 9.71. The molecule has 0 radical (unpaired) electrons. The number of rotatable bonds is 8. The minimum Gasteiger partial charge on any atom is -0.492 e. The van der Waals surface area contributed by atoms with E-state index < -0.39 is 0 Å². The van der Waals surface area contributed by atoms with E-state index in [4.69, 9.17) is 27.9 Å². The van der Waals surface area contributed by atoms with E-state index in [1.807, 2.05) is 24.3 Å². The van der Waals surface area contributed by atoms with Crippen molar-refractivity contribution in [1.29, 1.82) is 0 Å². The molecule has 2 aromatic carbocycles. The molecule has 0 saturated heterocycles. The number of hydrogen-bond acceptors (Lipinski definition) is 3. The third-order valence-corrected chi connectivity index (χ3v) is 4.44. The van der Waals surface area contributed by atoms with Crippen molar-refractivity contribution in [2.24, 2.45) is 0 Å². The number of amides is 1. The highest BCUT2D eigenvalue weighted by Crippen LogP contribution is 2.20. The summed E-state index contributed by atoms with van der Waals surface area (Å²) in [7, 11) is 0. The Balaban J connectivity index is 1.56. The molecule has 0 atom stereocenters. The zero-order valence-corrected chi connectivity index (χ0v) is 14.8. The predicted octanol–water partition coefficient (Wildman–Crippen LogP) is 4.67. The molecule has 0 aliphatic rings. The fraction of sp³-hybridized carbons (Fsp3) is 0.235. The van der Waals surface area contributed by atoms with E-state index in [0.717, 1.165) is 16.4 Å². The minimum atomic E-state index is 0.0196. The van der Waals surface area contributed by atoms with Gasteiger partial charge in [0, 0.05) is 27.1 Å². The molecule has 2 aromatic rings. The summed E-state index contributed by atoms with van der Waals surface area (Å²) in [6, 6.07) is 14.7. The van der Waals surface area contributed by atoms with Crippen LogP contribution in [-0.4, -0.2) is 24.8 Å².